The highest BCUT2D eigenvalue weighted by atomic mass is 35.5. The number of allylic oxidation sites excluding steroid dienone is 2. The van der Waals surface area contributed by atoms with Crippen molar-refractivity contribution < 1.29 is 17.5 Å². The van der Waals surface area contributed by atoms with Crippen LogP contribution in [0.25, 0.3) is 21.7 Å². The third kappa shape index (κ3) is 8.36. The first-order valence-electron chi connectivity index (χ1n) is 9.89. The van der Waals surface area contributed by atoms with Gasteiger partial charge in [-0.2, -0.15) is 0 Å². The first-order valence-corrected chi connectivity index (χ1v) is 13.8. The van der Waals surface area contributed by atoms with E-state index in [9.17, 15) is 12.8 Å². The minimum atomic E-state index is -2.67. The minimum Gasteiger partial charge on any atom is -0.367 e. The second kappa shape index (κ2) is 11.4. The number of thiazole rings is 1. The number of rotatable bonds is 5. The number of ether oxygens (including phenoxy) is 1. The lowest BCUT2D eigenvalue weighted by Gasteiger charge is -2.16. The standard InChI is InChI=1S/C22H16Cl2FNOS.C2H6O2S/c23-16-10-17(24)12-19(11-16)27-13-20-26-21(14-6-8-18(25)9-7-14)22(28-20)15-4-2-1-3-5-15;1-5(2,3)4/h1-11,19H,12-13H2;1-2H3. The predicted molar refractivity (Wildman–Crippen MR) is 135 cm³/mol. The van der Waals surface area contributed by atoms with Crippen molar-refractivity contribution in [1.29, 1.82) is 0 Å². The molecule has 1 aliphatic carbocycles. The molecular weight excluding hydrogens is 504 g/mol. The van der Waals surface area contributed by atoms with Gasteiger partial charge in [0, 0.05) is 34.6 Å². The van der Waals surface area contributed by atoms with Crippen molar-refractivity contribution in [2.75, 3.05) is 12.5 Å². The van der Waals surface area contributed by atoms with Crippen molar-refractivity contribution in [3.05, 3.63) is 87.6 Å². The average molecular weight is 526 g/mol. The lowest BCUT2D eigenvalue weighted by atomic mass is 10.1. The summed E-state index contributed by atoms with van der Waals surface area (Å²) in [6, 6.07) is 16.4. The molecule has 0 aliphatic heterocycles. The zero-order valence-electron chi connectivity index (χ0n) is 18.0. The molecule has 1 heterocycles. The van der Waals surface area contributed by atoms with E-state index in [-0.39, 0.29) is 11.9 Å². The number of aromatic nitrogens is 1. The second-order valence-electron chi connectivity index (χ2n) is 7.50. The summed E-state index contributed by atoms with van der Waals surface area (Å²) >= 11 is 13.7. The fraction of sp³-hybridized carbons (Fsp3) is 0.208. The Hall–Kier alpha value is -2.03. The molecule has 33 heavy (non-hydrogen) atoms. The van der Waals surface area contributed by atoms with E-state index < -0.39 is 9.84 Å². The van der Waals surface area contributed by atoms with E-state index in [4.69, 9.17) is 32.9 Å². The molecular formula is C24H22Cl2FNO3S2. The summed E-state index contributed by atoms with van der Waals surface area (Å²) in [5.74, 6) is -0.269. The summed E-state index contributed by atoms with van der Waals surface area (Å²) in [5, 5.41) is 2.10. The molecule has 0 bridgehead atoms. The molecule has 174 valence electrons. The van der Waals surface area contributed by atoms with E-state index in [1.807, 2.05) is 36.4 Å². The lowest BCUT2D eigenvalue weighted by Crippen LogP contribution is -2.12. The Morgan fingerprint density at radius 3 is 2.30 bits per heavy atom. The minimum absolute atomic E-state index is 0.177. The normalized spacial score (nSPS) is 15.8. The van der Waals surface area contributed by atoms with Crippen molar-refractivity contribution >= 4 is 44.4 Å². The maximum Gasteiger partial charge on any atom is 0.144 e. The van der Waals surface area contributed by atoms with Crippen molar-refractivity contribution in [2.45, 2.75) is 19.1 Å². The third-order valence-corrected chi connectivity index (χ3v) is 5.86. The van der Waals surface area contributed by atoms with Crippen LogP contribution in [0.3, 0.4) is 0 Å². The van der Waals surface area contributed by atoms with Gasteiger partial charge in [0.1, 0.15) is 20.7 Å². The van der Waals surface area contributed by atoms with Crippen molar-refractivity contribution in [1.82, 2.24) is 4.98 Å². The number of sulfone groups is 1. The summed E-state index contributed by atoms with van der Waals surface area (Å²) in [7, 11) is -2.67. The van der Waals surface area contributed by atoms with Crippen LogP contribution in [0.2, 0.25) is 0 Å². The van der Waals surface area contributed by atoms with E-state index in [0.717, 1.165) is 39.2 Å². The average Bonchev–Trinajstić information content (AvgIpc) is 3.16. The Bertz CT molecular complexity index is 1250. The Morgan fingerprint density at radius 2 is 1.70 bits per heavy atom. The van der Waals surface area contributed by atoms with Crippen molar-refractivity contribution in [3.8, 4) is 21.7 Å². The van der Waals surface area contributed by atoms with Crippen LogP contribution in [0.4, 0.5) is 4.39 Å². The lowest BCUT2D eigenvalue weighted by molar-refractivity contribution is 0.0723. The Morgan fingerprint density at radius 1 is 1.06 bits per heavy atom. The highest BCUT2D eigenvalue weighted by molar-refractivity contribution is 7.89. The molecule has 1 unspecified atom stereocenters. The third-order valence-electron chi connectivity index (χ3n) is 4.28. The number of hydrogen-bond acceptors (Lipinski definition) is 5. The Kier molecular flexibility index (Phi) is 8.84. The molecule has 0 radical (unpaired) electrons. The van der Waals surface area contributed by atoms with Crippen LogP contribution in [0.5, 0.6) is 0 Å². The molecule has 9 heteroatoms. The van der Waals surface area contributed by atoms with Gasteiger partial charge in [0.05, 0.1) is 23.3 Å². The molecule has 0 saturated carbocycles. The molecule has 0 fully saturated rings. The van der Waals surface area contributed by atoms with Gasteiger partial charge >= 0.3 is 0 Å². The summed E-state index contributed by atoms with van der Waals surface area (Å²) in [6.07, 6.45) is 6.31. The SMILES string of the molecule is CS(C)(=O)=O.Fc1ccc(-c2nc(COC3C=C(Cl)C=C(Cl)C3)sc2-c2ccccc2)cc1. The highest BCUT2D eigenvalue weighted by Gasteiger charge is 2.18. The maximum absolute atomic E-state index is 13.4. The van der Waals surface area contributed by atoms with Crippen LogP contribution in [-0.2, 0) is 21.2 Å². The van der Waals surface area contributed by atoms with Crippen LogP contribution in [0.1, 0.15) is 11.4 Å². The number of hydrogen-bond donors (Lipinski definition) is 0. The second-order valence-corrected chi connectivity index (χ2v) is 11.8. The fourth-order valence-electron chi connectivity index (χ4n) is 2.99. The molecule has 0 N–H and O–H groups in total. The number of nitrogens with zero attached hydrogens (tertiary/aromatic N) is 1. The molecule has 2 aromatic carbocycles. The molecule has 3 aromatic rings. The van der Waals surface area contributed by atoms with Crippen LogP contribution in [0.15, 0.2) is 76.8 Å². The fourth-order valence-corrected chi connectivity index (χ4v) is 4.60. The number of benzene rings is 2. The van der Waals surface area contributed by atoms with Gasteiger partial charge < -0.3 is 4.74 Å². The predicted octanol–water partition coefficient (Wildman–Crippen LogP) is 6.81. The summed E-state index contributed by atoms with van der Waals surface area (Å²) < 4.78 is 38.6. The zero-order chi connectivity index (χ0) is 24.0. The maximum atomic E-state index is 13.4. The van der Waals surface area contributed by atoms with Gasteiger partial charge in [0.2, 0.25) is 0 Å². The van der Waals surface area contributed by atoms with E-state index >= 15 is 0 Å². The summed E-state index contributed by atoms with van der Waals surface area (Å²) in [4.78, 5) is 5.81. The molecule has 4 rings (SSSR count). The molecule has 1 aliphatic rings. The largest absolute Gasteiger partial charge is 0.367 e. The van der Waals surface area contributed by atoms with E-state index in [2.05, 4.69) is 0 Å². The van der Waals surface area contributed by atoms with Gasteiger partial charge in [-0.1, -0.05) is 53.5 Å². The summed E-state index contributed by atoms with van der Waals surface area (Å²) in [5.41, 5.74) is 2.76. The smallest absolute Gasteiger partial charge is 0.144 e. The Labute approximate surface area is 207 Å². The van der Waals surface area contributed by atoms with Crippen LogP contribution < -0.4 is 0 Å². The quantitative estimate of drug-likeness (QED) is 0.367. The van der Waals surface area contributed by atoms with Gasteiger partial charge in [0.15, 0.2) is 0 Å². The summed E-state index contributed by atoms with van der Waals surface area (Å²) in [6.45, 7) is 0.348. The van der Waals surface area contributed by atoms with Gasteiger partial charge in [-0.3, -0.25) is 0 Å². The first kappa shape index (κ1) is 25.6. The first-order chi connectivity index (χ1) is 15.6. The van der Waals surface area contributed by atoms with Crippen LogP contribution in [-0.4, -0.2) is 32.0 Å². The van der Waals surface area contributed by atoms with Crippen molar-refractivity contribution in [2.24, 2.45) is 0 Å². The number of halogens is 3. The van der Waals surface area contributed by atoms with Crippen LogP contribution >= 0.6 is 34.5 Å². The molecule has 1 aromatic heterocycles. The molecule has 0 spiro atoms. The molecule has 1 atom stereocenters. The molecule has 0 amide bonds. The van der Waals surface area contributed by atoms with Gasteiger partial charge in [-0.25, -0.2) is 17.8 Å². The highest BCUT2D eigenvalue weighted by Crippen LogP contribution is 2.37. The van der Waals surface area contributed by atoms with E-state index in [1.54, 1.807) is 29.5 Å². The van der Waals surface area contributed by atoms with E-state index in [1.165, 1.54) is 12.1 Å². The Balaban J connectivity index is 0.000000555. The molecule has 4 nitrogen and oxygen atoms in total. The molecule has 0 saturated heterocycles. The van der Waals surface area contributed by atoms with Crippen molar-refractivity contribution in [3.63, 3.8) is 0 Å². The van der Waals surface area contributed by atoms with Gasteiger partial charge in [0.25, 0.3) is 0 Å². The van der Waals surface area contributed by atoms with Crippen LogP contribution in [0, 0.1) is 5.82 Å². The topological polar surface area (TPSA) is 56.3 Å². The van der Waals surface area contributed by atoms with Gasteiger partial charge in [-0.15, -0.1) is 11.3 Å². The zero-order valence-corrected chi connectivity index (χ0v) is 21.1. The van der Waals surface area contributed by atoms with E-state index in [0.29, 0.717) is 23.1 Å². The monoisotopic (exact) mass is 525 g/mol. The van der Waals surface area contributed by atoms with Gasteiger partial charge in [-0.05, 0) is 42.0 Å².